The van der Waals surface area contributed by atoms with Gasteiger partial charge in [0.2, 0.25) is 0 Å². The van der Waals surface area contributed by atoms with Gasteiger partial charge >= 0.3 is 0 Å². The van der Waals surface area contributed by atoms with Gasteiger partial charge in [0.1, 0.15) is 5.69 Å². The van der Waals surface area contributed by atoms with E-state index in [4.69, 9.17) is 5.73 Å². The first-order valence-electron chi connectivity index (χ1n) is 7.45. The van der Waals surface area contributed by atoms with Crippen LogP contribution in [0.25, 0.3) is 11.3 Å². The monoisotopic (exact) mass is 272 g/mol. The van der Waals surface area contributed by atoms with Crippen LogP contribution in [0.2, 0.25) is 0 Å². The zero-order valence-electron chi connectivity index (χ0n) is 12.5. The number of nitrogens with zero attached hydrogens (tertiary/aromatic N) is 3. The van der Waals surface area contributed by atoms with Gasteiger partial charge in [-0.1, -0.05) is 61.2 Å². The Kier molecular flexibility index (Phi) is 5.30. The largest absolute Gasteiger partial charge is 0.325 e. The third-order valence-electron chi connectivity index (χ3n) is 3.55. The van der Waals surface area contributed by atoms with Crippen LogP contribution in [-0.4, -0.2) is 15.0 Å². The van der Waals surface area contributed by atoms with Gasteiger partial charge in [-0.2, -0.15) is 0 Å². The van der Waals surface area contributed by atoms with E-state index in [0.29, 0.717) is 6.54 Å². The fourth-order valence-electron chi connectivity index (χ4n) is 2.36. The predicted octanol–water partition coefficient (Wildman–Crippen LogP) is 3.29. The van der Waals surface area contributed by atoms with Crippen LogP contribution in [0.4, 0.5) is 0 Å². The fourth-order valence-corrected chi connectivity index (χ4v) is 2.36. The molecule has 1 aromatic heterocycles. The molecule has 0 amide bonds. The second-order valence-electron chi connectivity index (χ2n) is 5.24. The van der Waals surface area contributed by atoms with E-state index in [2.05, 4.69) is 48.4 Å². The van der Waals surface area contributed by atoms with Crippen LogP contribution in [0.15, 0.2) is 24.3 Å². The van der Waals surface area contributed by atoms with E-state index in [-0.39, 0.29) is 0 Å². The van der Waals surface area contributed by atoms with E-state index < -0.39 is 0 Å². The molecule has 0 aliphatic carbocycles. The highest BCUT2D eigenvalue weighted by Crippen LogP contribution is 2.23. The van der Waals surface area contributed by atoms with Crippen molar-refractivity contribution in [3.63, 3.8) is 0 Å². The van der Waals surface area contributed by atoms with Crippen molar-refractivity contribution >= 4 is 0 Å². The Labute approximate surface area is 121 Å². The molecular formula is C16H24N4. The molecule has 2 N–H and O–H groups in total. The molecule has 0 bridgehead atoms. The van der Waals surface area contributed by atoms with Crippen LogP contribution in [0.3, 0.4) is 0 Å². The molecule has 108 valence electrons. The SMILES string of the molecule is CCCCCCn1nnc(CN)c1-c1ccc(C)cc1. The maximum atomic E-state index is 5.79. The van der Waals surface area contributed by atoms with E-state index in [0.717, 1.165) is 29.9 Å². The van der Waals surface area contributed by atoms with Crippen LogP contribution in [0, 0.1) is 6.92 Å². The van der Waals surface area contributed by atoms with E-state index in [1.807, 2.05) is 4.68 Å². The summed E-state index contributed by atoms with van der Waals surface area (Å²) < 4.78 is 2.00. The summed E-state index contributed by atoms with van der Waals surface area (Å²) in [5.74, 6) is 0. The molecule has 4 nitrogen and oxygen atoms in total. The van der Waals surface area contributed by atoms with Crippen molar-refractivity contribution in [1.29, 1.82) is 0 Å². The van der Waals surface area contributed by atoms with Crippen LogP contribution in [0.5, 0.6) is 0 Å². The second-order valence-corrected chi connectivity index (χ2v) is 5.24. The molecule has 0 atom stereocenters. The van der Waals surface area contributed by atoms with Crippen LogP contribution in [0.1, 0.15) is 43.9 Å². The third-order valence-corrected chi connectivity index (χ3v) is 3.55. The first-order chi connectivity index (χ1) is 9.76. The first-order valence-corrected chi connectivity index (χ1v) is 7.45. The highest BCUT2D eigenvalue weighted by atomic mass is 15.4. The molecule has 0 aliphatic rings. The number of aryl methyl sites for hydroxylation is 2. The number of hydrogen-bond donors (Lipinski definition) is 1. The minimum absolute atomic E-state index is 0.429. The molecule has 0 fully saturated rings. The molecule has 0 spiro atoms. The Bertz CT molecular complexity index is 528. The first kappa shape index (κ1) is 14.7. The van der Waals surface area contributed by atoms with E-state index in [1.165, 1.54) is 24.8 Å². The van der Waals surface area contributed by atoms with Crippen molar-refractivity contribution in [2.75, 3.05) is 0 Å². The highest BCUT2D eigenvalue weighted by molar-refractivity contribution is 5.62. The van der Waals surface area contributed by atoms with E-state index in [9.17, 15) is 0 Å². The van der Waals surface area contributed by atoms with Gasteiger partial charge in [0.15, 0.2) is 0 Å². The Morgan fingerprint density at radius 2 is 1.85 bits per heavy atom. The Morgan fingerprint density at radius 1 is 1.10 bits per heavy atom. The van der Waals surface area contributed by atoms with Crippen molar-refractivity contribution < 1.29 is 0 Å². The van der Waals surface area contributed by atoms with Gasteiger partial charge in [0, 0.05) is 18.7 Å². The third kappa shape index (κ3) is 3.45. The number of hydrogen-bond acceptors (Lipinski definition) is 3. The lowest BCUT2D eigenvalue weighted by Crippen LogP contribution is -2.05. The number of rotatable bonds is 7. The average Bonchev–Trinajstić information content (AvgIpc) is 2.87. The number of aromatic nitrogens is 3. The Balaban J connectivity index is 2.20. The topological polar surface area (TPSA) is 56.7 Å². The van der Waals surface area contributed by atoms with Gasteiger partial charge in [-0.05, 0) is 13.3 Å². The van der Waals surface area contributed by atoms with Gasteiger partial charge in [-0.25, -0.2) is 4.68 Å². The summed E-state index contributed by atoms with van der Waals surface area (Å²) >= 11 is 0. The van der Waals surface area contributed by atoms with Crippen LogP contribution >= 0.6 is 0 Å². The zero-order valence-corrected chi connectivity index (χ0v) is 12.5. The lowest BCUT2D eigenvalue weighted by atomic mass is 10.1. The van der Waals surface area contributed by atoms with Gasteiger partial charge < -0.3 is 5.73 Å². The molecule has 2 aromatic rings. The molecule has 1 aromatic carbocycles. The molecule has 0 aliphatic heterocycles. The molecule has 0 unspecified atom stereocenters. The Hall–Kier alpha value is -1.68. The summed E-state index contributed by atoms with van der Waals surface area (Å²) in [4.78, 5) is 0. The summed E-state index contributed by atoms with van der Waals surface area (Å²) in [5, 5.41) is 8.49. The lowest BCUT2D eigenvalue weighted by molar-refractivity contribution is 0.531. The van der Waals surface area contributed by atoms with Gasteiger partial charge in [-0.3, -0.25) is 0 Å². The van der Waals surface area contributed by atoms with Gasteiger partial charge in [0.05, 0.1) is 5.69 Å². The zero-order chi connectivity index (χ0) is 14.4. The van der Waals surface area contributed by atoms with Crippen molar-refractivity contribution in [2.24, 2.45) is 5.73 Å². The minimum Gasteiger partial charge on any atom is -0.325 e. The molecule has 4 heteroatoms. The molecule has 2 rings (SSSR count). The summed E-state index contributed by atoms with van der Waals surface area (Å²) in [6.45, 7) is 5.65. The van der Waals surface area contributed by atoms with E-state index >= 15 is 0 Å². The molecule has 0 radical (unpaired) electrons. The predicted molar refractivity (Wildman–Crippen MR) is 82.2 cm³/mol. The number of unbranched alkanes of at least 4 members (excludes halogenated alkanes) is 3. The lowest BCUT2D eigenvalue weighted by Gasteiger charge is -2.08. The molecule has 20 heavy (non-hydrogen) atoms. The second kappa shape index (κ2) is 7.20. The van der Waals surface area contributed by atoms with E-state index in [1.54, 1.807) is 0 Å². The normalized spacial score (nSPS) is 10.9. The van der Waals surface area contributed by atoms with Crippen molar-refractivity contribution in [3.05, 3.63) is 35.5 Å². The molecular weight excluding hydrogens is 248 g/mol. The van der Waals surface area contributed by atoms with Crippen LogP contribution in [-0.2, 0) is 13.1 Å². The molecule has 0 saturated carbocycles. The van der Waals surface area contributed by atoms with Gasteiger partial charge in [0.25, 0.3) is 0 Å². The fraction of sp³-hybridized carbons (Fsp3) is 0.500. The molecule has 0 saturated heterocycles. The van der Waals surface area contributed by atoms with Crippen molar-refractivity contribution in [3.8, 4) is 11.3 Å². The van der Waals surface area contributed by atoms with Gasteiger partial charge in [-0.15, -0.1) is 5.10 Å². The van der Waals surface area contributed by atoms with Crippen LogP contribution < -0.4 is 5.73 Å². The quantitative estimate of drug-likeness (QED) is 0.787. The van der Waals surface area contributed by atoms with Crippen molar-refractivity contribution in [1.82, 2.24) is 15.0 Å². The van der Waals surface area contributed by atoms with Crippen molar-refractivity contribution in [2.45, 2.75) is 52.6 Å². The minimum atomic E-state index is 0.429. The number of benzene rings is 1. The number of nitrogens with two attached hydrogens (primary N) is 1. The summed E-state index contributed by atoms with van der Waals surface area (Å²) in [6.07, 6.45) is 4.90. The molecule has 1 heterocycles. The standard InChI is InChI=1S/C16H24N4/c1-3-4-5-6-11-20-16(15(12-17)18-19-20)14-9-7-13(2)8-10-14/h7-10H,3-6,11-12,17H2,1-2H3. The summed E-state index contributed by atoms with van der Waals surface area (Å²) in [5.41, 5.74) is 10.1. The maximum Gasteiger partial charge on any atom is 0.104 e. The summed E-state index contributed by atoms with van der Waals surface area (Å²) in [6, 6.07) is 8.47. The smallest absolute Gasteiger partial charge is 0.104 e. The average molecular weight is 272 g/mol. The maximum absolute atomic E-state index is 5.79. The summed E-state index contributed by atoms with van der Waals surface area (Å²) in [7, 11) is 0. The Morgan fingerprint density at radius 3 is 2.50 bits per heavy atom. The highest BCUT2D eigenvalue weighted by Gasteiger charge is 2.13.